The predicted molar refractivity (Wildman–Crippen MR) is 69.7 cm³/mol. The van der Waals surface area contributed by atoms with Gasteiger partial charge in [-0.1, -0.05) is 17.7 Å². The van der Waals surface area contributed by atoms with Gasteiger partial charge in [-0.2, -0.15) is 0 Å². The first-order valence-electron chi connectivity index (χ1n) is 6.11. The summed E-state index contributed by atoms with van der Waals surface area (Å²) in [6.07, 6.45) is 2.17. The van der Waals surface area contributed by atoms with Crippen molar-refractivity contribution in [2.75, 3.05) is 18.4 Å². The van der Waals surface area contributed by atoms with Gasteiger partial charge in [0, 0.05) is 10.7 Å². The number of aliphatic hydroxyl groups is 1. The van der Waals surface area contributed by atoms with E-state index in [1.54, 1.807) is 29.2 Å². The number of anilines is 1. The van der Waals surface area contributed by atoms with Crippen molar-refractivity contribution in [3.8, 4) is 0 Å². The summed E-state index contributed by atoms with van der Waals surface area (Å²) >= 11 is 5.85. The number of nitrogens with one attached hydrogen (secondary N) is 1. The fourth-order valence-corrected chi connectivity index (χ4v) is 2.60. The number of urea groups is 1. The van der Waals surface area contributed by atoms with Gasteiger partial charge in [0.1, 0.15) is 5.60 Å². The predicted octanol–water partition coefficient (Wildman–Crippen LogP) is 2.33. The summed E-state index contributed by atoms with van der Waals surface area (Å²) in [4.78, 5) is 13.5. The molecule has 2 aliphatic rings. The standard InChI is InChI=1S/C13H15ClN2O2/c14-10-2-1-3-11(6-10)15-12(17)16-7-13(18,8-16)9-4-5-9/h1-3,6,9,18H,4-5,7-8H2,(H,15,17). The molecule has 1 aliphatic heterocycles. The summed E-state index contributed by atoms with van der Waals surface area (Å²) in [5, 5.41) is 13.5. The first-order valence-corrected chi connectivity index (χ1v) is 6.48. The maximum absolute atomic E-state index is 11.9. The summed E-state index contributed by atoms with van der Waals surface area (Å²) in [5.74, 6) is 0.396. The Morgan fingerprint density at radius 2 is 2.17 bits per heavy atom. The number of nitrogens with zero attached hydrogens (tertiary/aromatic N) is 1. The number of hydrogen-bond donors (Lipinski definition) is 2. The minimum Gasteiger partial charge on any atom is -0.386 e. The van der Waals surface area contributed by atoms with E-state index in [9.17, 15) is 9.90 Å². The highest BCUT2D eigenvalue weighted by atomic mass is 35.5. The molecular weight excluding hydrogens is 252 g/mol. The Hall–Kier alpha value is -1.26. The molecule has 5 heteroatoms. The number of hydrogen-bond acceptors (Lipinski definition) is 2. The Labute approximate surface area is 111 Å². The monoisotopic (exact) mass is 266 g/mol. The Morgan fingerprint density at radius 3 is 2.78 bits per heavy atom. The molecule has 1 aromatic carbocycles. The molecule has 0 spiro atoms. The van der Waals surface area contributed by atoms with Crippen molar-refractivity contribution >= 4 is 23.3 Å². The van der Waals surface area contributed by atoms with E-state index in [1.807, 2.05) is 0 Å². The van der Waals surface area contributed by atoms with E-state index in [1.165, 1.54) is 0 Å². The minimum absolute atomic E-state index is 0.178. The number of likely N-dealkylation sites (tertiary alicyclic amines) is 1. The highest BCUT2D eigenvalue weighted by Crippen LogP contribution is 2.44. The third kappa shape index (κ3) is 2.18. The van der Waals surface area contributed by atoms with Gasteiger partial charge in [0.05, 0.1) is 13.1 Å². The van der Waals surface area contributed by atoms with Crippen LogP contribution in [0.1, 0.15) is 12.8 Å². The second-order valence-electron chi connectivity index (χ2n) is 5.17. The van der Waals surface area contributed by atoms with Crippen molar-refractivity contribution in [3.05, 3.63) is 29.3 Å². The van der Waals surface area contributed by atoms with E-state index in [4.69, 9.17) is 11.6 Å². The highest BCUT2D eigenvalue weighted by Gasteiger charge is 2.53. The van der Waals surface area contributed by atoms with Crippen LogP contribution in [0.3, 0.4) is 0 Å². The smallest absolute Gasteiger partial charge is 0.322 e. The van der Waals surface area contributed by atoms with Gasteiger partial charge in [0.2, 0.25) is 0 Å². The molecule has 0 bridgehead atoms. The first kappa shape index (κ1) is 11.8. The van der Waals surface area contributed by atoms with Crippen molar-refractivity contribution in [1.29, 1.82) is 0 Å². The fraction of sp³-hybridized carbons (Fsp3) is 0.462. The van der Waals surface area contributed by atoms with Crippen LogP contribution in [0.15, 0.2) is 24.3 Å². The van der Waals surface area contributed by atoms with Gasteiger partial charge in [-0.05, 0) is 37.0 Å². The van der Waals surface area contributed by atoms with Crippen molar-refractivity contribution in [2.45, 2.75) is 18.4 Å². The highest BCUT2D eigenvalue weighted by molar-refractivity contribution is 6.30. The Bertz CT molecular complexity index is 482. The van der Waals surface area contributed by atoms with Crippen LogP contribution in [0.2, 0.25) is 5.02 Å². The zero-order chi connectivity index (χ0) is 12.8. The molecule has 2 N–H and O–H groups in total. The van der Waals surface area contributed by atoms with Crippen LogP contribution in [0.4, 0.5) is 10.5 Å². The zero-order valence-corrected chi connectivity index (χ0v) is 10.7. The third-order valence-electron chi connectivity index (χ3n) is 3.63. The van der Waals surface area contributed by atoms with Crippen LogP contribution in [-0.4, -0.2) is 34.7 Å². The molecule has 2 amide bonds. The number of carbonyl (C=O) groups is 1. The van der Waals surface area contributed by atoms with Crippen LogP contribution >= 0.6 is 11.6 Å². The van der Waals surface area contributed by atoms with E-state index in [0.717, 1.165) is 12.8 Å². The topological polar surface area (TPSA) is 52.6 Å². The Morgan fingerprint density at radius 1 is 1.44 bits per heavy atom. The molecule has 1 saturated carbocycles. The van der Waals surface area contributed by atoms with Crippen LogP contribution in [-0.2, 0) is 0 Å². The maximum Gasteiger partial charge on any atom is 0.322 e. The molecule has 0 radical (unpaired) electrons. The molecular formula is C13H15ClN2O2. The molecule has 96 valence electrons. The lowest BCUT2D eigenvalue weighted by atomic mass is 9.89. The van der Waals surface area contributed by atoms with Crippen LogP contribution in [0.25, 0.3) is 0 Å². The summed E-state index contributed by atoms with van der Waals surface area (Å²) in [5.41, 5.74) is 0.0421. The molecule has 3 rings (SSSR count). The van der Waals surface area contributed by atoms with E-state index < -0.39 is 5.60 Å². The van der Waals surface area contributed by atoms with Crippen LogP contribution < -0.4 is 5.32 Å². The van der Waals surface area contributed by atoms with E-state index in [0.29, 0.717) is 29.7 Å². The summed E-state index contributed by atoms with van der Waals surface area (Å²) < 4.78 is 0. The quantitative estimate of drug-likeness (QED) is 0.863. The van der Waals surface area contributed by atoms with Crippen molar-refractivity contribution in [3.63, 3.8) is 0 Å². The van der Waals surface area contributed by atoms with Crippen molar-refractivity contribution in [1.82, 2.24) is 4.90 Å². The molecule has 18 heavy (non-hydrogen) atoms. The van der Waals surface area contributed by atoms with Gasteiger partial charge < -0.3 is 15.3 Å². The van der Waals surface area contributed by atoms with Crippen molar-refractivity contribution in [2.24, 2.45) is 5.92 Å². The lowest BCUT2D eigenvalue weighted by Crippen LogP contribution is -2.65. The van der Waals surface area contributed by atoms with Crippen LogP contribution in [0, 0.1) is 5.92 Å². The summed E-state index contributed by atoms with van der Waals surface area (Å²) in [7, 11) is 0. The maximum atomic E-state index is 11.9. The molecule has 0 atom stereocenters. The second kappa shape index (κ2) is 4.14. The molecule has 0 unspecified atom stereocenters. The number of rotatable bonds is 2. The number of benzene rings is 1. The lowest BCUT2D eigenvalue weighted by Gasteiger charge is -2.46. The summed E-state index contributed by atoms with van der Waals surface area (Å²) in [6, 6.07) is 6.85. The van der Waals surface area contributed by atoms with Gasteiger partial charge in [-0.3, -0.25) is 0 Å². The largest absolute Gasteiger partial charge is 0.386 e. The molecule has 1 heterocycles. The number of carbonyl (C=O) groups excluding carboxylic acids is 1. The number of amides is 2. The van der Waals surface area contributed by atoms with Gasteiger partial charge in [-0.15, -0.1) is 0 Å². The van der Waals surface area contributed by atoms with Gasteiger partial charge >= 0.3 is 6.03 Å². The first-order chi connectivity index (χ1) is 8.57. The van der Waals surface area contributed by atoms with Gasteiger partial charge in [-0.25, -0.2) is 4.79 Å². The third-order valence-corrected chi connectivity index (χ3v) is 3.86. The summed E-state index contributed by atoms with van der Waals surface area (Å²) in [6.45, 7) is 0.869. The zero-order valence-electron chi connectivity index (χ0n) is 9.90. The Kier molecular flexibility index (Phi) is 2.72. The Balaban J connectivity index is 1.57. The minimum atomic E-state index is -0.633. The van der Waals surface area contributed by atoms with E-state index in [2.05, 4.69) is 5.32 Å². The average molecular weight is 267 g/mol. The fourth-order valence-electron chi connectivity index (χ4n) is 2.41. The average Bonchev–Trinajstić information content (AvgIpc) is 3.08. The second-order valence-corrected chi connectivity index (χ2v) is 5.61. The molecule has 1 aromatic rings. The molecule has 0 aromatic heterocycles. The number of β-amino-alcohol motifs (C(OH)–C–C–N with tert-alkyl or cyclic N) is 1. The van der Waals surface area contributed by atoms with Gasteiger partial charge in [0.15, 0.2) is 0 Å². The van der Waals surface area contributed by atoms with E-state index >= 15 is 0 Å². The lowest BCUT2D eigenvalue weighted by molar-refractivity contribution is -0.0897. The normalized spacial score (nSPS) is 21.3. The number of halogens is 1. The van der Waals surface area contributed by atoms with E-state index in [-0.39, 0.29) is 6.03 Å². The SMILES string of the molecule is O=C(Nc1cccc(Cl)c1)N1CC(O)(C2CC2)C1. The molecule has 1 aliphatic carbocycles. The molecule has 2 fully saturated rings. The van der Waals surface area contributed by atoms with Crippen molar-refractivity contribution < 1.29 is 9.90 Å². The van der Waals surface area contributed by atoms with Crippen LogP contribution in [0.5, 0.6) is 0 Å². The molecule has 4 nitrogen and oxygen atoms in total. The van der Waals surface area contributed by atoms with Gasteiger partial charge in [0.25, 0.3) is 0 Å². The molecule has 1 saturated heterocycles.